The number of hydrogen-bond acceptors (Lipinski definition) is 3. The van der Waals surface area contributed by atoms with Gasteiger partial charge in [-0.3, -0.25) is 4.90 Å². The standard InChI is InChI=1S/C19H22N2O/c1-2-14-13-21-8-7-15(14)9-17(21)11-20-12-18-10-16-5-3-4-6-19(16)22-18/h1,3-6,10,14-15,17,20H,7-9,11-13H2/t14-,15+,17-/m1/s1. The summed E-state index contributed by atoms with van der Waals surface area (Å²) in [5.74, 6) is 5.19. The minimum absolute atomic E-state index is 0.473. The lowest BCUT2D eigenvalue weighted by molar-refractivity contribution is 0.0226. The molecule has 0 amide bonds. The van der Waals surface area contributed by atoms with Crippen LogP contribution < -0.4 is 5.32 Å². The second kappa shape index (κ2) is 5.79. The highest BCUT2D eigenvalue weighted by atomic mass is 16.3. The highest BCUT2D eigenvalue weighted by Crippen LogP contribution is 2.35. The van der Waals surface area contributed by atoms with E-state index in [9.17, 15) is 0 Å². The third-order valence-corrected chi connectivity index (χ3v) is 5.25. The van der Waals surface area contributed by atoms with Crippen molar-refractivity contribution >= 4 is 11.0 Å². The molecule has 2 bridgehead atoms. The third-order valence-electron chi connectivity index (χ3n) is 5.25. The molecule has 0 aliphatic carbocycles. The fourth-order valence-corrected chi connectivity index (χ4v) is 4.03. The molecular weight excluding hydrogens is 272 g/mol. The molecule has 3 aliphatic rings. The molecule has 22 heavy (non-hydrogen) atoms. The molecule has 5 rings (SSSR count). The smallest absolute Gasteiger partial charge is 0.134 e. The van der Waals surface area contributed by atoms with E-state index in [4.69, 9.17) is 10.8 Å². The van der Waals surface area contributed by atoms with Crippen LogP contribution in [0.3, 0.4) is 0 Å². The van der Waals surface area contributed by atoms with Crippen LogP contribution in [-0.2, 0) is 6.54 Å². The molecule has 0 saturated carbocycles. The van der Waals surface area contributed by atoms with Gasteiger partial charge >= 0.3 is 0 Å². The summed E-state index contributed by atoms with van der Waals surface area (Å²) in [6, 6.07) is 10.9. The Hall–Kier alpha value is -1.76. The van der Waals surface area contributed by atoms with Crippen LogP contribution in [0.25, 0.3) is 11.0 Å². The van der Waals surface area contributed by atoms with Gasteiger partial charge in [0, 0.05) is 30.4 Å². The fourth-order valence-electron chi connectivity index (χ4n) is 4.03. The summed E-state index contributed by atoms with van der Waals surface area (Å²) in [4.78, 5) is 2.57. The average molecular weight is 294 g/mol. The first-order valence-electron chi connectivity index (χ1n) is 8.22. The summed E-state index contributed by atoms with van der Waals surface area (Å²) in [6.07, 6.45) is 8.15. The Morgan fingerprint density at radius 2 is 2.27 bits per heavy atom. The first kappa shape index (κ1) is 13.9. The highest BCUT2D eigenvalue weighted by Gasteiger charge is 2.38. The molecule has 3 saturated heterocycles. The number of nitrogens with zero attached hydrogens (tertiary/aromatic N) is 1. The SMILES string of the molecule is C#C[C@@H]1CN2CC[C@H]1C[C@@H]2CNCc1cc2ccccc2o1. The highest BCUT2D eigenvalue weighted by molar-refractivity contribution is 5.77. The van der Waals surface area contributed by atoms with Crippen molar-refractivity contribution < 1.29 is 4.42 Å². The van der Waals surface area contributed by atoms with Crippen LogP contribution in [0.4, 0.5) is 0 Å². The van der Waals surface area contributed by atoms with Gasteiger partial charge in [-0.15, -0.1) is 12.3 Å². The van der Waals surface area contributed by atoms with Crippen LogP contribution >= 0.6 is 0 Å². The summed E-state index contributed by atoms with van der Waals surface area (Å²) < 4.78 is 5.85. The first-order valence-corrected chi connectivity index (χ1v) is 8.22. The van der Waals surface area contributed by atoms with Crippen molar-refractivity contribution in [3.8, 4) is 12.3 Å². The Labute approximate surface area is 131 Å². The van der Waals surface area contributed by atoms with E-state index in [1.54, 1.807) is 0 Å². The Balaban J connectivity index is 1.33. The Kier molecular flexibility index (Phi) is 3.65. The molecule has 1 aromatic carbocycles. The summed E-state index contributed by atoms with van der Waals surface area (Å²) >= 11 is 0. The van der Waals surface area contributed by atoms with E-state index < -0.39 is 0 Å². The maximum absolute atomic E-state index is 5.85. The zero-order valence-corrected chi connectivity index (χ0v) is 12.8. The number of benzene rings is 1. The van der Waals surface area contributed by atoms with Gasteiger partial charge in [0.2, 0.25) is 0 Å². The molecule has 3 fully saturated rings. The van der Waals surface area contributed by atoms with Crippen molar-refractivity contribution in [1.29, 1.82) is 0 Å². The zero-order valence-electron chi connectivity index (χ0n) is 12.8. The summed E-state index contributed by atoms with van der Waals surface area (Å²) in [7, 11) is 0. The van der Waals surface area contributed by atoms with Gasteiger partial charge in [0.15, 0.2) is 0 Å². The van der Waals surface area contributed by atoms with Gasteiger partial charge in [-0.2, -0.15) is 0 Å². The number of furan rings is 1. The van der Waals surface area contributed by atoms with Crippen LogP contribution in [0.5, 0.6) is 0 Å². The molecule has 3 heteroatoms. The van der Waals surface area contributed by atoms with E-state index in [0.717, 1.165) is 36.9 Å². The number of fused-ring (bicyclic) bond motifs is 4. The molecule has 3 nitrogen and oxygen atoms in total. The van der Waals surface area contributed by atoms with E-state index in [0.29, 0.717) is 12.0 Å². The van der Waals surface area contributed by atoms with Crippen molar-refractivity contribution in [1.82, 2.24) is 10.2 Å². The molecule has 114 valence electrons. The Morgan fingerprint density at radius 3 is 3.05 bits per heavy atom. The number of hydrogen-bond donors (Lipinski definition) is 1. The second-order valence-corrected chi connectivity index (χ2v) is 6.59. The lowest BCUT2D eigenvalue weighted by atomic mass is 9.76. The monoisotopic (exact) mass is 294 g/mol. The van der Waals surface area contributed by atoms with Crippen LogP contribution in [0, 0.1) is 24.2 Å². The number of rotatable bonds is 4. The Bertz CT molecular complexity index is 666. The van der Waals surface area contributed by atoms with Crippen molar-refractivity contribution in [2.45, 2.75) is 25.4 Å². The number of terminal acetylenes is 1. The van der Waals surface area contributed by atoms with Gasteiger partial charge in [0.05, 0.1) is 6.54 Å². The largest absolute Gasteiger partial charge is 0.460 e. The van der Waals surface area contributed by atoms with E-state index in [1.165, 1.54) is 24.8 Å². The van der Waals surface area contributed by atoms with Crippen LogP contribution in [0.1, 0.15) is 18.6 Å². The summed E-state index contributed by atoms with van der Waals surface area (Å²) in [5, 5.41) is 4.74. The predicted molar refractivity (Wildman–Crippen MR) is 88.3 cm³/mol. The van der Waals surface area contributed by atoms with E-state index >= 15 is 0 Å². The van der Waals surface area contributed by atoms with Crippen molar-refractivity contribution in [2.75, 3.05) is 19.6 Å². The summed E-state index contributed by atoms with van der Waals surface area (Å²) in [5.41, 5.74) is 0.969. The molecule has 1 aromatic heterocycles. The molecule has 2 aromatic rings. The minimum atomic E-state index is 0.473. The molecule has 1 N–H and O–H groups in total. The fraction of sp³-hybridized carbons (Fsp3) is 0.474. The Morgan fingerprint density at radius 1 is 1.36 bits per heavy atom. The maximum atomic E-state index is 5.85. The normalized spacial score (nSPS) is 30.5. The molecule has 0 radical (unpaired) electrons. The molecular formula is C19H22N2O. The van der Waals surface area contributed by atoms with Crippen LogP contribution in [-0.4, -0.2) is 30.6 Å². The molecule has 3 aliphatic heterocycles. The molecule has 4 atom stereocenters. The minimum Gasteiger partial charge on any atom is -0.460 e. The van der Waals surface area contributed by atoms with E-state index in [2.05, 4.69) is 28.3 Å². The molecule has 1 unspecified atom stereocenters. The number of nitrogens with one attached hydrogen (secondary N) is 1. The van der Waals surface area contributed by atoms with Crippen LogP contribution in [0.2, 0.25) is 0 Å². The lowest BCUT2D eigenvalue weighted by Gasteiger charge is -2.48. The van der Waals surface area contributed by atoms with Gasteiger partial charge < -0.3 is 9.73 Å². The maximum Gasteiger partial charge on any atom is 0.134 e. The molecule has 4 heterocycles. The third kappa shape index (κ3) is 2.54. The zero-order chi connectivity index (χ0) is 14.9. The van der Waals surface area contributed by atoms with Crippen LogP contribution in [0.15, 0.2) is 34.7 Å². The summed E-state index contributed by atoms with van der Waals surface area (Å²) in [6.45, 7) is 4.10. The van der Waals surface area contributed by atoms with Gasteiger partial charge in [0.25, 0.3) is 0 Å². The van der Waals surface area contributed by atoms with E-state index in [1.807, 2.05) is 18.2 Å². The number of para-hydroxylation sites is 1. The van der Waals surface area contributed by atoms with Gasteiger partial charge in [-0.05, 0) is 37.4 Å². The van der Waals surface area contributed by atoms with Gasteiger partial charge in [-0.25, -0.2) is 0 Å². The van der Waals surface area contributed by atoms with Crippen molar-refractivity contribution in [3.05, 3.63) is 36.1 Å². The predicted octanol–water partition coefficient (Wildman–Crippen LogP) is 2.87. The average Bonchev–Trinajstić information content (AvgIpc) is 2.98. The van der Waals surface area contributed by atoms with Crippen molar-refractivity contribution in [3.63, 3.8) is 0 Å². The van der Waals surface area contributed by atoms with E-state index in [-0.39, 0.29) is 0 Å². The quantitative estimate of drug-likeness (QED) is 0.879. The van der Waals surface area contributed by atoms with Gasteiger partial charge in [0.1, 0.15) is 11.3 Å². The topological polar surface area (TPSA) is 28.4 Å². The number of piperidine rings is 3. The van der Waals surface area contributed by atoms with Crippen molar-refractivity contribution in [2.24, 2.45) is 11.8 Å². The van der Waals surface area contributed by atoms with Gasteiger partial charge in [-0.1, -0.05) is 18.2 Å². The first-order chi connectivity index (χ1) is 10.8. The second-order valence-electron chi connectivity index (χ2n) is 6.59. The lowest BCUT2D eigenvalue weighted by Crippen LogP contribution is -2.55. The molecule has 0 spiro atoms.